The first-order valence-electron chi connectivity index (χ1n) is 8.34. The van der Waals surface area contributed by atoms with Crippen molar-refractivity contribution in [3.8, 4) is 17.4 Å². The van der Waals surface area contributed by atoms with E-state index in [0.29, 0.717) is 17.1 Å². The first-order valence-corrected chi connectivity index (χ1v) is 8.34. The highest BCUT2D eigenvalue weighted by Gasteiger charge is 2.40. The summed E-state index contributed by atoms with van der Waals surface area (Å²) < 4.78 is 21.2. The molecule has 0 aliphatic carbocycles. The molecular weight excluding hydrogens is 370 g/mol. The molecule has 1 aliphatic rings. The van der Waals surface area contributed by atoms with Crippen molar-refractivity contribution in [3.05, 3.63) is 61.6 Å². The third-order valence-electron chi connectivity index (χ3n) is 4.24. The van der Waals surface area contributed by atoms with E-state index in [1.807, 2.05) is 0 Å². The van der Waals surface area contributed by atoms with Crippen molar-refractivity contribution in [2.75, 3.05) is 20.8 Å². The van der Waals surface area contributed by atoms with E-state index in [-0.39, 0.29) is 29.5 Å². The fourth-order valence-corrected chi connectivity index (χ4v) is 3.15. The van der Waals surface area contributed by atoms with Crippen LogP contribution in [-0.4, -0.2) is 36.8 Å². The van der Waals surface area contributed by atoms with E-state index in [9.17, 15) is 14.4 Å². The molecule has 1 aliphatic heterocycles. The van der Waals surface area contributed by atoms with Gasteiger partial charge in [0.05, 0.1) is 32.3 Å². The van der Waals surface area contributed by atoms with Gasteiger partial charge in [-0.25, -0.2) is 9.59 Å². The number of hydrogen-bond acceptors (Lipinski definition) is 8. The van der Waals surface area contributed by atoms with Crippen molar-refractivity contribution in [2.45, 2.75) is 12.8 Å². The summed E-state index contributed by atoms with van der Waals surface area (Å²) in [5.41, 5.74) is 4.78. The number of carbonyl (C=O) groups is 1. The van der Waals surface area contributed by atoms with E-state index >= 15 is 0 Å². The molecule has 1 aromatic carbocycles. The summed E-state index contributed by atoms with van der Waals surface area (Å²) in [5.74, 6) is -1.55. The molecule has 2 heterocycles. The molecule has 2 aromatic rings. The van der Waals surface area contributed by atoms with Gasteiger partial charge in [0.25, 0.3) is 5.56 Å². The minimum Gasteiger partial charge on any atom is -0.493 e. The predicted molar refractivity (Wildman–Crippen MR) is 97.5 cm³/mol. The molecule has 10 heteroatoms. The lowest BCUT2D eigenvalue weighted by molar-refractivity contribution is -0.139. The number of rotatable bonds is 5. The molecule has 1 atom stereocenters. The van der Waals surface area contributed by atoms with Crippen LogP contribution in [-0.2, 0) is 9.53 Å². The maximum absolute atomic E-state index is 12.6. The van der Waals surface area contributed by atoms with Crippen molar-refractivity contribution >= 4 is 5.97 Å². The summed E-state index contributed by atoms with van der Waals surface area (Å²) in [6.07, 6.45) is 0. The van der Waals surface area contributed by atoms with Crippen molar-refractivity contribution in [1.82, 2.24) is 9.97 Å². The minimum atomic E-state index is -1.02. The zero-order valence-electron chi connectivity index (χ0n) is 15.5. The second-order valence-electron chi connectivity index (χ2n) is 5.77. The largest absolute Gasteiger partial charge is 0.493 e. The second-order valence-corrected chi connectivity index (χ2v) is 5.77. The van der Waals surface area contributed by atoms with Crippen molar-refractivity contribution in [1.29, 1.82) is 0 Å². The number of ether oxygens (including phenoxy) is 4. The van der Waals surface area contributed by atoms with Crippen molar-refractivity contribution in [3.63, 3.8) is 0 Å². The number of methoxy groups -OCH3 is 2. The van der Waals surface area contributed by atoms with Crippen LogP contribution in [0.5, 0.6) is 17.4 Å². The van der Waals surface area contributed by atoms with E-state index in [1.54, 1.807) is 25.1 Å². The van der Waals surface area contributed by atoms with Crippen LogP contribution in [0.4, 0.5) is 0 Å². The highest BCUT2D eigenvalue weighted by molar-refractivity contribution is 5.92. The molecule has 0 radical (unpaired) electrons. The summed E-state index contributed by atoms with van der Waals surface area (Å²) in [5, 5.41) is 0. The lowest BCUT2D eigenvalue weighted by atomic mass is 9.83. The normalized spacial score (nSPS) is 15.5. The van der Waals surface area contributed by atoms with Crippen LogP contribution in [0.25, 0.3) is 0 Å². The Labute approximate surface area is 158 Å². The first-order chi connectivity index (χ1) is 13.4. The van der Waals surface area contributed by atoms with E-state index in [2.05, 4.69) is 9.97 Å². The van der Waals surface area contributed by atoms with Crippen LogP contribution < -0.4 is 31.2 Å². The van der Waals surface area contributed by atoms with E-state index < -0.39 is 23.1 Å². The third-order valence-corrected chi connectivity index (χ3v) is 4.24. The number of aromatic nitrogens is 2. The molecule has 0 bridgehead atoms. The second kappa shape index (κ2) is 7.51. The number of esters is 1. The van der Waals surface area contributed by atoms with Gasteiger partial charge in [0.2, 0.25) is 11.8 Å². The number of para-hydroxylation sites is 1. The molecule has 3 rings (SSSR count). The number of H-pyrrole nitrogens is 2. The summed E-state index contributed by atoms with van der Waals surface area (Å²) in [7, 11) is 2.89. The highest BCUT2D eigenvalue weighted by atomic mass is 16.5. The fourth-order valence-electron chi connectivity index (χ4n) is 3.15. The van der Waals surface area contributed by atoms with Gasteiger partial charge in [-0.2, -0.15) is 0 Å². The Morgan fingerprint density at radius 2 is 1.96 bits per heavy atom. The Morgan fingerprint density at radius 1 is 1.21 bits per heavy atom. The van der Waals surface area contributed by atoms with E-state index in [1.165, 1.54) is 14.2 Å². The maximum Gasteiger partial charge on any atom is 0.340 e. The van der Waals surface area contributed by atoms with Gasteiger partial charge in [0.15, 0.2) is 11.5 Å². The topological polar surface area (TPSA) is 146 Å². The molecule has 0 spiro atoms. The van der Waals surface area contributed by atoms with Gasteiger partial charge in [0, 0.05) is 5.56 Å². The monoisotopic (exact) mass is 389 g/mol. The molecule has 28 heavy (non-hydrogen) atoms. The molecule has 0 amide bonds. The van der Waals surface area contributed by atoms with Crippen LogP contribution in [0, 0.1) is 0 Å². The molecular formula is C18H19N3O7. The smallest absolute Gasteiger partial charge is 0.340 e. The number of carbonyl (C=O) groups excluding carboxylic acids is 1. The number of nitrogens with one attached hydrogen (secondary N) is 2. The van der Waals surface area contributed by atoms with Gasteiger partial charge in [-0.15, -0.1) is 0 Å². The molecule has 4 N–H and O–H groups in total. The molecule has 0 saturated carbocycles. The standard InChI is InChI=1S/C18H19N3O7/c1-4-27-17(23)11-10(8-6-5-7-9(25-2)13(8)26-3)12-15(22)20-18(24)21-16(12)28-14(11)19/h5-7,10H,4,19H2,1-3H3,(H2,20,21,22,24)/t10-/m0/s1. The first kappa shape index (κ1) is 19.1. The van der Waals surface area contributed by atoms with Gasteiger partial charge in [-0.3, -0.25) is 14.8 Å². The Morgan fingerprint density at radius 3 is 2.61 bits per heavy atom. The number of benzene rings is 1. The van der Waals surface area contributed by atoms with Crippen LogP contribution in [0.2, 0.25) is 0 Å². The van der Waals surface area contributed by atoms with Gasteiger partial charge < -0.3 is 24.7 Å². The zero-order valence-corrected chi connectivity index (χ0v) is 15.5. The molecule has 0 fully saturated rings. The number of aromatic amines is 2. The Kier molecular flexibility index (Phi) is 5.12. The molecule has 148 valence electrons. The number of hydrogen-bond donors (Lipinski definition) is 3. The van der Waals surface area contributed by atoms with Gasteiger partial charge >= 0.3 is 11.7 Å². The molecule has 1 aromatic heterocycles. The SMILES string of the molecule is CCOC(=O)C1=C(N)Oc2[nH]c(=O)[nH]c(=O)c2[C@H]1c1cccc(OC)c1OC. The zero-order chi connectivity index (χ0) is 20.4. The number of nitrogens with two attached hydrogens (primary N) is 1. The van der Waals surface area contributed by atoms with Gasteiger partial charge in [-0.05, 0) is 13.0 Å². The minimum absolute atomic E-state index is 0.0107. The van der Waals surface area contributed by atoms with E-state index in [0.717, 1.165) is 0 Å². The quantitative estimate of drug-likeness (QED) is 0.621. The van der Waals surface area contributed by atoms with Crippen molar-refractivity contribution in [2.24, 2.45) is 5.73 Å². The number of fused-ring (bicyclic) bond motifs is 1. The van der Waals surface area contributed by atoms with Crippen LogP contribution in [0.15, 0.2) is 39.2 Å². The van der Waals surface area contributed by atoms with Crippen LogP contribution in [0.1, 0.15) is 24.0 Å². The summed E-state index contributed by atoms with van der Waals surface area (Å²) >= 11 is 0. The van der Waals surface area contributed by atoms with E-state index in [4.69, 9.17) is 24.7 Å². The highest BCUT2D eigenvalue weighted by Crippen LogP contribution is 2.45. The van der Waals surface area contributed by atoms with Gasteiger partial charge in [-0.1, -0.05) is 12.1 Å². The Bertz CT molecular complexity index is 1070. The molecule has 0 unspecified atom stereocenters. The third kappa shape index (κ3) is 3.08. The van der Waals surface area contributed by atoms with Gasteiger partial charge in [0.1, 0.15) is 5.57 Å². The fraction of sp³-hybridized carbons (Fsp3) is 0.278. The van der Waals surface area contributed by atoms with Crippen molar-refractivity contribution < 1.29 is 23.7 Å². The Hall–Kier alpha value is -3.69. The lowest BCUT2D eigenvalue weighted by Crippen LogP contribution is -2.36. The predicted octanol–water partition coefficient (Wildman–Crippen LogP) is 0.338. The van der Waals surface area contributed by atoms with Crippen LogP contribution >= 0.6 is 0 Å². The lowest BCUT2D eigenvalue weighted by Gasteiger charge is -2.28. The summed E-state index contributed by atoms with van der Waals surface area (Å²) in [6.45, 7) is 1.73. The Balaban J connectivity index is 2.36. The average Bonchev–Trinajstić information content (AvgIpc) is 2.65. The average molecular weight is 389 g/mol. The van der Waals surface area contributed by atoms with Crippen LogP contribution in [0.3, 0.4) is 0 Å². The summed E-state index contributed by atoms with van der Waals surface area (Å²) in [6, 6.07) is 4.99. The molecule has 10 nitrogen and oxygen atoms in total. The molecule has 0 saturated heterocycles. The maximum atomic E-state index is 12.6. The summed E-state index contributed by atoms with van der Waals surface area (Å²) in [4.78, 5) is 41.4.